The number of piperidine rings is 1. The molecule has 0 spiro atoms. The third kappa shape index (κ3) is 6.18. The van der Waals surface area contributed by atoms with Crippen LogP contribution in [0, 0.1) is 5.82 Å². The molecule has 0 N–H and O–H groups in total. The van der Waals surface area contributed by atoms with Crippen molar-refractivity contribution in [1.29, 1.82) is 0 Å². The molecule has 6 heteroatoms. The van der Waals surface area contributed by atoms with Gasteiger partial charge in [0, 0.05) is 45.3 Å². The van der Waals surface area contributed by atoms with Crippen LogP contribution in [0.15, 0.2) is 24.3 Å². The normalized spacial score (nSPS) is 22.0. The summed E-state index contributed by atoms with van der Waals surface area (Å²) in [5.41, 5.74) is 0. The molecule has 2 aliphatic heterocycles. The van der Waals surface area contributed by atoms with Crippen molar-refractivity contribution in [2.45, 2.75) is 38.6 Å². The fourth-order valence-corrected chi connectivity index (χ4v) is 3.93. The zero-order valence-corrected chi connectivity index (χ0v) is 16.4. The average Bonchev–Trinajstić information content (AvgIpc) is 2.68. The summed E-state index contributed by atoms with van der Waals surface area (Å²) in [5.74, 6) is 0.767. The first-order valence-electron chi connectivity index (χ1n) is 10.2. The number of hydrogen-bond acceptors (Lipinski definition) is 4. The fraction of sp³-hybridized carbons (Fsp3) is 0.667. The van der Waals surface area contributed by atoms with Gasteiger partial charge in [0.25, 0.3) is 0 Å². The number of nitrogens with zero attached hydrogens (tertiary/aromatic N) is 3. The van der Waals surface area contributed by atoms with Gasteiger partial charge in [-0.2, -0.15) is 0 Å². The van der Waals surface area contributed by atoms with Gasteiger partial charge >= 0.3 is 0 Å². The van der Waals surface area contributed by atoms with Gasteiger partial charge < -0.3 is 14.5 Å². The van der Waals surface area contributed by atoms with Gasteiger partial charge in [0.1, 0.15) is 11.6 Å². The van der Waals surface area contributed by atoms with Crippen molar-refractivity contribution in [3.05, 3.63) is 30.1 Å². The standard InChI is InChI=1S/C21H32FN3O2/c1-18-5-2-3-11-25(18)21(26)17-24-14-12-23(13-15-24)10-4-16-27-20-8-6-19(22)7-9-20/h6-9,18H,2-5,10-17H2,1H3. The fourth-order valence-electron chi connectivity index (χ4n) is 3.93. The molecule has 1 aromatic carbocycles. The SMILES string of the molecule is CC1CCCCN1C(=O)CN1CCN(CCCOc2ccc(F)cc2)CC1. The van der Waals surface area contributed by atoms with E-state index in [9.17, 15) is 9.18 Å². The Kier molecular flexibility index (Phi) is 7.47. The molecule has 3 rings (SSSR count). The van der Waals surface area contributed by atoms with Crippen LogP contribution >= 0.6 is 0 Å². The van der Waals surface area contributed by atoms with Crippen molar-refractivity contribution < 1.29 is 13.9 Å². The summed E-state index contributed by atoms with van der Waals surface area (Å²) < 4.78 is 18.5. The highest BCUT2D eigenvalue weighted by atomic mass is 19.1. The second kappa shape index (κ2) is 10.0. The molecule has 2 saturated heterocycles. The van der Waals surface area contributed by atoms with Gasteiger partial charge in [0.05, 0.1) is 13.2 Å². The van der Waals surface area contributed by atoms with Crippen LogP contribution in [-0.4, -0.2) is 79.1 Å². The quantitative estimate of drug-likeness (QED) is 0.685. The summed E-state index contributed by atoms with van der Waals surface area (Å²) >= 11 is 0. The molecule has 2 aliphatic rings. The molecule has 1 amide bonds. The highest BCUT2D eigenvalue weighted by Gasteiger charge is 2.26. The predicted octanol–water partition coefficient (Wildman–Crippen LogP) is 2.61. The monoisotopic (exact) mass is 377 g/mol. The van der Waals surface area contributed by atoms with Crippen LogP contribution in [0.5, 0.6) is 5.75 Å². The molecule has 27 heavy (non-hydrogen) atoms. The lowest BCUT2D eigenvalue weighted by Gasteiger charge is -2.38. The summed E-state index contributed by atoms with van der Waals surface area (Å²) in [6.07, 6.45) is 4.47. The molecule has 1 atom stereocenters. The molecule has 0 saturated carbocycles. The molecule has 150 valence electrons. The van der Waals surface area contributed by atoms with Crippen LogP contribution in [0.25, 0.3) is 0 Å². The maximum absolute atomic E-state index is 12.9. The van der Waals surface area contributed by atoms with Crippen molar-refractivity contribution in [3.8, 4) is 5.75 Å². The zero-order valence-electron chi connectivity index (χ0n) is 16.4. The highest BCUT2D eigenvalue weighted by molar-refractivity contribution is 5.78. The second-order valence-corrected chi connectivity index (χ2v) is 7.71. The van der Waals surface area contributed by atoms with E-state index in [2.05, 4.69) is 21.6 Å². The minimum absolute atomic E-state index is 0.242. The molecule has 2 heterocycles. The number of amides is 1. The van der Waals surface area contributed by atoms with E-state index >= 15 is 0 Å². The third-order valence-electron chi connectivity index (χ3n) is 5.65. The number of carbonyl (C=O) groups excluding carboxylic acids is 1. The molecule has 1 unspecified atom stereocenters. The lowest BCUT2D eigenvalue weighted by atomic mass is 10.0. The predicted molar refractivity (Wildman–Crippen MR) is 104 cm³/mol. The van der Waals surface area contributed by atoms with Crippen LogP contribution in [0.2, 0.25) is 0 Å². The van der Waals surface area contributed by atoms with Gasteiger partial charge in [0.15, 0.2) is 0 Å². The van der Waals surface area contributed by atoms with Crippen molar-refractivity contribution in [1.82, 2.24) is 14.7 Å². The smallest absolute Gasteiger partial charge is 0.236 e. The lowest BCUT2D eigenvalue weighted by Crippen LogP contribution is -2.52. The number of benzene rings is 1. The van der Waals surface area contributed by atoms with Gasteiger partial charge in [-0.3, -0.25) is 9.69 Å². The van der Waals surface area contributed by atoms with E-state index in [0.29, 0.717) is 30.9 Å². The number of hydrogen-bond donors (Lipinski definition) is 0. The summed E-state index contributed by atoms with van der Waals surface area (Å²) in [4.78, 5) is 19.3. The Morgan fingerprint density at radius 3 is 2.48 bits per heavy atom. The summed E-state index contributed by atoms with van der Waals surface area (Å²) in [5, 5.41) is 0. The molecule has 0 bridgehead atoms. The van der Waals surface area contributed by atoms with Crippen molar-refractivity contribution >= 4 is 5.91 Å². The molecular weight excluding hydrogens is 345 g/mol. The lowest BCUT2D eigenvalue weighted by molar-refractivity contribution is -0.136. The largest absolute Gasteiger partial charge is 0.494 e. The van der Waals surface area contributed by atoms with Crippen LogP contribution in [0.3, 0.4) is 0 Å². The maximum Gasteiger partial charge on any atom is 0.236 e. The Bertz CT molecular complexity index is 588. The average molecular weight is 378 g/mol. The highest BCUT2D eigenvalue weighted by Crippen LogP contribution is 2.17. The third-order valence-corrected chi connectivity index (χ3v) is 5.65. The second-order valence-electron chi connectivity index (χ2n) is 7.71. The Morgan fingerprint density at radius 1 is 1.07 bits per heavy atom. The molecule has 0 radical (unpaired) electrons. The van der Waals surface area contributed by atoms with Crippen LogP contribution < -0.4 is 4.74 Å². The molecule has 5 nitrogen and oxygen atoms in total. The Labute approximate surface area is 162 Å². The molecule has 0 aliphatic carbocycles. The topological polar surface area (TPSA) is 36.0 Å². The number of ether oxygens (including phenoxy) is 1. The minimum Gasteiger partial charge on any atom is -0.494 e. The molecule has 1 aromatic rings. The van der Waals surface area contributed by atoms with Gasteiger partial charge in [0.2, 0.25) is 5.91 Å². The van der Waals surface area contributed by atoms with E-state index in [4.69, 9.17) is 4.74 Å². The van der Waals surface area contributed by atoms with Crippen LogP contribution in [0.1, 0.15) is 32.6 Å². The first-order chi connectivity index (χ1) is 13.1. The van der Waals surface area contributed by atoms with E-state index in [0.717, 1.165) is 58.5 Å². The van der Waals surface area contributed by atoms with Crippen molar-refractivity contribution in [2.24, 2.45) is 0 Å². The van der Waals surface area contributed by atoms with Crippen LogP contribution in [-0.2, 0) is 4.79 Å². The van der Waals surface area contributed by atoms with E-state index in [1.165, 1.54) is 18.6 Å². The summed E-state index contributed by atoms with van der Waals surface area (Å²) in [7, 11) is 0. The van der Waals surface area contributed by atoms with E-state index in [1.54, 1.807) is 12.1 Å². The number of likely N-dealkylation sites (tertiary alicyclic amines) is 1. The van der Waals surface area contributed by atoms with E-state index in [-0.39, 0.29) is 5.82 Å². The number of rotatable bonds is 7. The zero-order chi connectivity index (χ0) is 19.1. The summed E-state index contributed by atoms with van der Waals surface area (Å²) in [6, 6.07) is 6.55. The van der Waals surface area contributed by atoms with E-state index < -0.39 is 0 Å². The first kappa shape index (κ1) is 20.1. The summed E-state index contributed by atoms with van der Waals surface area (Å²) in [6.45, 7) is 9.19. The molecular formula is C21H32FN3O2. The Balaban J connectivity index is 1.29. The molecule has 0 aromatic heterocycles. The van der Waals surface area contributed by atoms with E-state index in [1.807, 2.05) is 0 Å². The van der Waals surface area contributed by atoms with Gasteiger partial charge in [-0.15, -0.1) is 0 Å². The number of carbonyl (C=O) groups is 1. The number of piperazine rings is 1. The van der Waals surface area contributed by atoms with Crippen molar-refractivity contribution in [3.63, 3.8) is 0 Å². The van der Waals surface area contributed by atoms with Gasteiger partial charge in [-0.05, 0) is 56.9 Å². The van der Waals surface area contributed by atoms with Crippen LogP contribution in [0.4, 0.5) is 4.39 Å². The Hall–Kier alpha value is -1.66. The van der Waals surface area contributed by atoms with Gasteiger partial charge in [-0.1, -0.05) is 0 Å². The Morgan fingerprint density at radius 2 is 1.78 bits per heavy atom. The number of halogens is 1. The minimum atomic E-state index is -0.242. The first-order valence-corrected chi connectivity index (χ1v) is 10.2. The van der Waals surface area contributed by atoms with Crippen molar-refractivity contribution in [2.75, 3.05) is 52.4 Å². The maximum atomic E-state index is 12.9. The molecule has 2 fully saturated rings. The van der Waals surface area contributed by atoms with Gasteiger partial charge in [-0.25, -0.2) is 4.39 Å².